The summed E-state index contributed by atoms with van der Waals surface area (Å²) in [6.07, 6.45) is 4.03. The lowest BCUT2D eigenvalue weighted by Crippen LogP contribution is -2.47. The van der Waals surface area contributed by atoms with Crippen molar-refractivity contribution in [3.8, 4) is 0 Å². The van der Waals surface area contributed by atoms with E-state index in [0.29, 0.717) is 5.92 Å². The standard InChI is InChI=1S/C11H22O2/c1-4-9(2)10(12)11(3)7-5-6-8-13-11/h9-10,12H,4-8H2,1-3H3. The third-order valence-corrected chi connectivity index (χ3v) is 3.31. The smallest absolute Gasteiger partial charge is 0.0914 e. The van der Waals surface area contributed by atoms with Crippen molar-refractivity contribution in [3.63, 3.8) is 0 Å². The van der Waals surface area contributed by atoms with Crippen LogP contribution in [-0.4, -0.2) is 23.4 Å². The minimum Gasteiger partial charge on any atom is -0.390 e. The van der Waals surface area contributed by atoms with Gasteiger partial charge in [0.15, 0.2) is 0 Å². The zero-order valence-electron chi connectivity index (χ0n) is 9.05. The molecule has 1 aliphatic rings. The van der Waals surface area contributed by atoms with Gasteiger partial charge in [-0.25, -0.2) is 0 Å². The summed E-state index contributed by atoms with van der Waals surface area (Å²) in [6, 6.07) is 0. The van der Waals surface area contributed by atoms with Crippen LogP contribution in [0, 0.1) is 5.92 Å². The molecule has 3 unspecified atom stereocenters. The SMILES string of the molecule is CCC(C)C(O)C1(C)CCCCO1. The zero-order chi connectivity index (χ0) is 9.90. The first kappa shape index (κ1) is 11.0. The Kier molecular flexibility index (Phi) is 3.74. The van der Waals surface area contributed by atoms with Crippen LogP contribution < -0.4 is 0 Å². The van der Waals surface area contributed by atoms with Crippen molar-refractivity contribution in [1.29, 1.82) is 0 Å². The van der Waals surface area contributed by atoms with E-state index < -0.39 is 0 Å². The Morgan fingerprint density at radius 2 is 2.15 bits per heavy atom. The molecule has 2 nitrogen and oxygen atoms in total. The van der Waals surface area contributed by atoms with Gasteiger partial charge in [0.25, 0.3) is 0 Å². The van der Waals surface area contributed by atoms with Crippen molar-refractivity contribution in [1.82, 2.24) is 0 Å². The van der Waals surface area contributed by atoms with Gasteiger partial charge in [-0.05, 0) is 32.1 Å². The fourth-order valence-corrected chi connectivity index (χ4v) is 2.01. The number of hydrogen-bond acceptors (Lipinski definition) is 2. The average molecular weight is 186 g/mol. The normalized spacial score (nSPS) is 34.2. The number of aliphatic hydroxyl groups is 1. The van der Waals surface area contributed by atoms with Gasteiger partial charge >= 0.3 is 0 Å². The van der Waals surface area contributed by atoms with Gasteiger partial charge in [0, 0.05) is 6.61 Å². The molecule has 0 aromatic heterocycles. The minimum atomic E-state index is -0.308. The molecule has 1 rings (SSSR count). The van der Waals surface area contributed by atoms with Gasteiger partial charge in [0.1, 0.15) is 0 Å². The first-order valence-electron chi connectivity index (χ1n) is 5.42. The Labute approximate surface area is 81.3 Å². The topological polar surface area (TPSA) is 29.5 Å². The predicted molar refractivity (Wildman–Crippen MR) is 53.7 cm³/mol. The van der Waals surface area contributed by atoms with Crippen LogP contribution >= 0.6 is 0 Å². The third-order valence-electron chi connectivity index (χ3n) is 3.31. The van der Waals surface area contributed by atoms with E-state index >= 15 is 0 Å². The van der Waals surface area contributed by atoms with Gasteiger partial charge in [-0.15, -0.1) is 0 Å². The molecule has 0 aliphatic carbocycles. The van der Waals surface area contributed by atoms with Crippen molar-refractivity contribution < 1.29 is 9.84 Å². The summed E-state index contributed by atoms with van der Waals surface area (Å²) < 4.78 is 5.70. The van der Waals surface area contributed by atoms with Crippen LogP contribution in [0.3, 0.4) is 0 Å². The average Bonchev–Trinajstić information content (AvgIpc) is 2.16. The number of aliphatic hydroxyl groups excluding tert-OH is 1. The van der Waals surface area contributed by atoms with Crippen LogP contribution in [0.4, 0.5) is 0 Å². The largest absolute Gasteiger partial charge is 0.390 e. The first-order chi connectivity index (χ1) is 6.10. The van der Waals surface area contributed by atoms with Gasteiger partial charge in [0.2, 0.25) is 0 Å². The van der Waals surface area contributed by atoms with Crippen LogP contribution in [0.5, 0.6) is 0 Å². The maximum Gasteiger partial charge on any atom is 0.0914 e. The molecule has 78 valence electrons. The molecule has 0 spiro atoms. The van der Waals surface area contributed by atoms with E-state index in [-0.39, 0.29) is 11.7 Å². The van der Waals surface area contributed by atoms with E-state index in [9.17, 15) is 5.11 Å². The molecule has 1 saturated heterocycles. The van der Waals surface area contributed by atoms with Crippen LogP contribution in [-0.2, 0) is 4.74 Å². The molecule has 1 N–H and O–H groups in total. The maximum absolute atomic E-state index is 10.1. The molecule has 13 heavy (non-hydrogen) atoms. The zero-order valence-corrected chi connectivity index (χ0v) is 9.05. The van der Waals surface area contributed by atoms with Gasteiger partial charge in [-0.3, -0.25) is 0 Å². The summed E-state index contributed by atoms with van der Waals surface area (Å²) in [5.74, 6) is 0.336. The summed E-state index contributed by atoms with van der Waals surface area (Å²) in [6.45, 7) is 7.06. The molecule has 0 amide bonds. The van der Waals surface area contributed by atoms with Crippen LogP contribution in [0.25, 0.3) is 0 Å². The Morgan fingerprint density at radius 3 is 2.62 bits per heavy atom. The number of hydrogen-bond donors (Lipinski definition) is 1. The van der Waals surface area contributed by atoms with E-state index in [2.05, 4.69) is 13.8 Å². The molecular weight excluding hydrogens is 164 g/mol. The van der Waals surface area contributed by atoms with Gasteiger partial charge in [-0.1, -0.05) is 20.3 Å². The van der Waals surface area contributed by atoms with Crippen molar-refractivity contribution in [3.05, 3.63) is 0 Å². The van der Waals surface area contributed by atoms with E-state index in [1.807, 2.05) is 6.92 Å². The van der Waals surface area contributed by atoms with Crippen LogP contribution in [0.2, 0.25) is 0 Å². The summed E-state index contributed by atoms with van der Waals surface area (Å²) in [4.78, 5) is 0. The highest BCUT2D eigenvalue weighted by Crippen LogP contribution is 2.31. The van der Waals surface area contributed by atoms with Crippen molar-refractivity contribution >= 4 is 0 Å². The third kappa shape index (κ3) is 2.44. The molecule has 0 aromatic rings. The van der Waals surface area contributed by atoms with Gasteiger partial charge in [0.05, 0.1) is 11.7 Å². The molecule has 0 radical (unpaired) electrons. The van der Waals surface area contributed by atoms with Gasteiger partial charge in [-0.2, -0.15) is 0 Å². The van der Waals surface area contributed by atoms with Gasteiger partial charge < -0.3 is 9.84 Å². The fourth-order valence-electron chi connectivity index (χ4n) is 2.01. The summed E-state index contributed by atoms with van der Waals surface area (Å²) in [5.41, 5.74) is -0.284. The number of ether oxygens (including phenoxy) is 1. The van der Waals surface area contributed by atoms with E-state index in [0.717, 1.165) is 25.9 Å². The summed E-state index contributed by atoms with van der Waals surface area (Å²) >= 11 is 0. The highest BCUT2D eigenvalue weighted by atomic mass is 16.5. The molecule has 1 aliphatic heterocycles. The molecule has 0 aromatic carbocycles. The van der Waals surface area contributed by atoms with Crippen molar-refractivity contribution in [2.24, 2.45) is 5.92 Å². The first-order valence-corrected chi connectivity index (χ1v) is 5.42. The summed E-state index contributed by atoms with van der Waals surface area (Å²) in [5, 5.41) is 10.1. The highest BCUT2D eigenvalue weighted by molar-refractivity contribution is 4.88. The molecule has 3 atom stereocenters. The molecular formula is C11H22O2. The Bertz CT molecular complexity index is 150. The second-order valence-corrected chi connectivity index (χ2v) is 4.45. The Morgan fingerprint density at radius 1 is 1.46 bits per heavy atom. The molecule has 1 heterocycles. The van der Waals surface area contributed by atoms with Crippen LogP contribution in [0.1, 0.15) is 46.5 Å². The van der Waals surface area contributed by atoms with Crippen molar-refractivity contribution in [2.75, 3.05) is 6.61 Å². The van der Waals surface area contributed by atoms with Crippen molar-refractivity contribution in [2.45, 2.75) is 58.2 Å². The lowest BCUT2D eigenvalue weighted by Gasteiger charge is -2.40. The second kappa shape index (κ2) is 4.43. The van der Waals surface area contributed by atoms with E-state index in [1.54, 1.807) is 0 Å². The second-order valence-electron chi connectivity index (χ2n) is 4.45. The Balaban J connectivity index is 2.55. The monoisotopic (exact) mass is 186 g/mol. The highest BCUT2D eigenvalue weighted by Gasteiger charge is 2.37. The fraction of sp³-hybridized carbons (Fsp3) is 1.00. The Hall–Kier alpha value is -0.0800. The van der Waals surface area contributed by atoms with Crippen LogP contribution in [0.15, 0.2) is 0 Å². The minimum absolute atomic E-state index is 0.284. The lowest BCUT2D eigenvalue weighted by atomic mass is 9.83. The summed E-state index contributed by atoms with van der Waals surface area (Å²) in [7, 11) is 0. The molecule has 1 fully saturated rings. The quantitative estimate of drug-likeness (QED) is 0.733. The van der Waals surface area contributed by atoms with E-state index in [4.69, 9.17) is 4.74 Å². The van der Waals surface area contributed by atoms with E-state index in [1.165, 1.54) is 6.42 Å². The predicted octanol–water partition coefficient (Wildman–Crippen LogP) is 2.35. The molecule has 0 saturated carbocycles. The maximum atomic E-state index is 10.1. The molecule has 0 bridgehead atoms. The lowest BCUT2D eigenvalue weighted by molar-refractivity contribution is -0.151. The molecule has 2 heteroatoms. The number of rotatable bonds is 3.